The minimum Gasteiger partial charge on any atom is -0.347 e. The summed E-state index contributed by atoms with van der Waals surface area (Å²) >= 11 is 5.74. The Balaban J connectivity index is 1.53. The Bertz CT molecular complexity index is 1220. The van der Waals surface area contributed by atoms with Gasteiger partial charge in [0.1, 0.15) is 21.7 Å². The van der Waals surface area contributed by atoms with Crippen molar-refractivity contribution in [3.05, 3.63) is 57.6 Å². The van der Waals surface area contributed by atoms with Crippen molar-refractivity contribution in [3.8, 4) is 0 Å². The Morgan fingerprint density at radius 1 is 1.21 bits per heavy atom. The number of nitrogens with zero attached hydrogens (tertiary/aromatic N) is 1. The van der Waals surface area contributed by atoms with Crippen LogP contribution < -0.4 is 21.6 Å². The van der Waals surface area contributed by atoms with Crippen LogP contribution in [0.15, 0.2) is 30.3 Å². The quantitative estimate of drug-likeness (QED) is 0.421. The average Bonchev–Trinajstić information content (AvgIpc) is 3.10. The van der Waals surface area contributed by atoms with Crippen LogP contribution in [-0.4, -0.2) is 50.3 Å². The summed E-state index contributed by atoms with van der Waals surface area (Å²) in [4.78, 5) is 50.5. The highest BCUT2D eigenvalue weighted by molar-refractivity contribution is 6.41. The second-order valence-electron chi connectivity index (χ2n) is 8.49. The highest BCUT2D eigenvalue weighted by Gasteiger charge is 2.42. The van der Waals surface area contributed by atoms with Gasteiger partial charge in [-0.3, -0.25) is 24.5 Å². The second-order valence-corrected chi connectivity index (χ2v) is 8.92. The Morgan fingerprint density at radius 3 is 2.53 bits per heavy atom. The van der Waals surface area contributed by atoms with Gasteiger partial charge in [-0.2, -0.15) is 8.78 Å². The summed E-state index contributed by atoms with van der Waals surface area (Å²) in [6.45, 7) is 0.00794. The van der Waals surface area contributed by atoms with E-state index in [1.807, 2.05) is 0 Å². The number of carbonyl (C=O) groups is 4. The maximum absolute atomic E-state index is 14.6. The number of nitrogens with one attached hydrogen (secondary N) is 2. The number of carbonyl (C=O) groups excluding carboxylic acids is 4. The molecule has 0 bridgehead atoms. The number of hydrogen-bond acceptors (Lipinski definition) is 4. The molecule has 0 aliphatic carbocycles. The van der Waals surface area contributed by atoms with Gasteiger partial charge >= 0.3 is 5.92 Å². The van der Waals surface area contributed by atoms with Gasteiger partial charge in [0, 0.05) is 35.7 Å². The van der Waals surface area contributed by atoms with Crippen molar-refractivity contribution in [1.82, 2.24) is 15.5 Å². The van der Waals surface area contributed by atoms with Crippen LogP contribution in [0.25, 0.3) is 0 Å². The fraction of sp³-hybridized carbons (Fsp3) is 0.273. The normalized spacial score (nSPS) is 18.0. The number of imide groups is 1. The third kappa shape index (κ3) is 4.20. The van der Waals surface area contributed by atoms with E-state index in [1.54, 1.807) is 21.8 Å². The van der Waals surface area contributed by atoms with Crippen LogP contribution in [0.3, 0.4) is 0 Å². The summed E-state index contributed by atoms with van der Waals surface area (Å²) in [6, 6.07) is 5.68. The molecule has 2 heterocycles. The molecule has 1 unspecified atom stereocenters. The maximum Gasteiger partial charge on any atom is 0.349 e. The first-order valence-corrected chi connectivity index (χ1v) is 11.1. The van der Waals surface area contributed by atoms with Gasteiger partial charge in [0.2, 0.25) is 11.8 Å². The van der Waals surface area contributed by atoms with E-state index >= 15 is 0 Å². The standard InChI is InChI=1S/C22H20B2ClF2N3O4/c23-15-7-12-14(9-30(20(12)33)16-5-6-17(31)29-19(16)32)18(24)13(15)8-28-21(34)22(26,27)10-1-3-11(25)4-2-10/h1-4,7,16H,5-6,8-9,23-24H2,(H,28,34)(H,29,31,32). The molecule has 0 radical (unpaired) electrons. The van der Waals surface area contributed by atoms with Crippen molar-refractivity contribution >= 4 is 61.8 Å². The van der Waals surface area contributed by atoms with Crippen molar-refractivity contribution in [1.29, 1.82) is 0 Å². The fourth-order valence-electron chi connectivity index (χ4n) is 4.44. The van der Waals surface area contributed by atoms with E-state index in [2.05, 4.69) is 10.6 Å². The molecule has 2 aliphatic heterocycles. The van der Waals surface area contributed by atoms with Gasteiger partial charge in [0.05, 0.1) is 0 Å². The SMILES string of the molecule is Bc1cc2c(c(B)c1CNC(=O)C(F)(F)c1ccc(Cl)cc1)CN(C1CCC(=O)NC1=O)C2=O. The van der Waals surface area contributed by atoms with Crippen molar-refractivity contribution in [2.75, 3.05) is 0 Å². The lowest BCUT2D eigenvalue weighted by molar-refractivity contribution is -0.147. The molecule has 2 aromatic rings. The van der Waals surface area contributed by atoms with Crippen LogP contribution in [0.2, 0.25) is 5.02 Å². The van der Waals surface area contributed by atoms with Crippen molar-refractivity contribution in [3.63, 3.8) is 0 Å². The van der Waals surface area contributed by atoms with Crippen LogP contribution in [0.5, 0.6) is 0 Å². The molecular formula is C22H20B2ClF2N3O4. The van der Waals surface area contributed by atoms with Crippen LogP contribution in [0.4, 0.5) is 8.78 Å². The van der Waals surface area contributed by atoms with Gasteiger partial charge in [-0.15, -0.1) is 0 Å². The molecule has 4 amide bonds. The maximum atomic E-state index is 14.6. The largest absolute Gasteiger partial charge is 0.349 e. The summed E-state index contributed by atoms with van der Waals surface area (Å²) < 4.78 is 29.2. The van der Waals surface area contributed by atoms with E-state index in [0.717, 1.165) is 12.1 Å². The number of alkyl halides is 2. The minimum atomic E-state index is -3.75. The molecule has 2 aromatic carbocycles. The molecule has 1 atom stereocenters. The molecule has 1 fully saturated rings. The third-order valence-corrected chi connectivity index (χ3v) is 6.64. The van der Waals surface area contributed by atoms with Gasteiger partial charge in [-0.25, -0.2) is 0 Å². The molecule has 34 heavy (non-hydrogen) atoms. The Morgan fingerprint density at radius 2 is 1.88 bits per heavy atom. The number of benzene rings is 2. The van der Waals surface area contributed by atoms with Crippen LogP contribution in [0.1, 0.15) is 39.9 Å². The van der Waals surface area contributed by atoms with Gasteiger partial charge in [0.25, 0.3) is 11.8 Å². The first kappa shape index (κ1) is 23.9. The number of halogens is 3. The van der Waals surface area contributed by atoms with Crippen LogP contribution in [-0.2, 0) is 33.4 Å². The molecule has 2 N–H and O–H groups in total. The predicted molar refractivity (Wildman–Crippen MR) is 126 cm³/mol. The predicted octanol–water partition coefficient (Wildman–Crippen LogP) is -0.974. The van der Waals surface area contributed by atoms with Gasteiger partial charge in [0.15, 0.2) is 0 Å². The highest BCUT2D eigenvalue weighted by Crippen LogP contribution is 2.30. The molecule has 7 nitrogen and oxygen atoms in total. The molecular weight excluding hydrogens is 465 g/mol. The number of amides is 4. The molecule has 0 saturated carbocycles. The zero-order valence-electron chi connectivity index (χ0n) is 18.5. The first-order chi connectivity index (χ1) is 16.0. The lowest BCUT2D eigenvalue weighted by atomic mass is 9.76. The smallest absolute Gasteiger partial charge is 0.347 e. The number of rotatable bonds is 5. The lowest BCUT2D eigenvalue weighted by Gasteiger charge is -2.29. The molecule has 12 heteroatoms. The zero-order chi connectivity index (χ0) is 24.8. The Hall–Kier alpha value is -3.20. The molecule has 0 spiro atoms. The summed E-state index contributed by atoms with van der Waals surface area (Å²) in [7, 11) is 3.49. The second kappa shape index (κ2) is 8.87. The number of fused-ring (bicyclic) bond motifs is 1. The highest BCUT2D eigenvalue weighted by atomic mass is 35.5. The Kier molecular flexibility index (Phi) is 6.24. The first-order valence-electron chi connectivity index (χ1n) is 10.7. The van der Waals surface area contributed by atoms with Crippen molar-refractivity contribution in [2.45, 2.75) is 37.9 Å². The monoisotopic (exact) mass is 485 g/mol. The van der Waals surface area contributed by atoms with E-state index in [1.165, 1.54) is 17.0 Å². The topological polar surface area (TPSA) is 95.6 Å². The summed E-state index contributed by atoms with van der Waals surface area (Å²) in [5.41, 5.74) is 2.60. The zero-order valence-corrected chi connectivity index (χ0v) is 19.3. The number of piperidine rings is 1. The van der Waals surface area contributed by atoms with E-state index in [0.29, 0.717) is 27.6 Å². The number of hydrogen-bond donors (Lipinski definition) is 2. The molecule has 4 rings (SSSR count). The molecule has 0 aromatic heterocycles. The van der Waals surface area contributed by atoms with Crippen molar-refractivity contribution in [2.24, 2.45) is 0 Å². The van der Waals surface area contributed by atoms with Crippen molar-refractivity contribution < 1.29 is 28.0 Å². The minimum absolute atomic E-state index is 0.146. The lowest BCUT2D eigenvalue weighted by Crippen LogP contribution is -2.52. The summed E-state index contributed by atoms with van der Waals surface area (Å²) in [6.07, 6.45) is 0.388. The van der Waals surface area contributed by atoms with Crippen LogP contribution in [0, 0.1) is 0 Å². The Labute approximate surface area is 201 Å². The fourth-order valence-corrected chi connectivity index (χ4v) is 4.56. The molecule has 2 aliphatic rings. The van der Waals surface area contributed by atoms with E-state index in [4.69, 9.17) is 11.6 Å². The van der Waals surface area contributed by atoms with E-state index in [-0.39, 0.29) is 42.8 Å². The summed E-state index contributed by atoms with van der Waals surface area (Å²) in [5, 5.41) is 4.84. The van der Waals surface area contributed by atoms with Gasteiger partial charge in [-0.1, -0.05) is 40.7 Å². The van der Waals surface area contributed by atoms with Gasteiger partial charge < -0.3 is 10.2 Å². The molecule has 174 valence electrons. The summed E-state index contributed by atoms with van der Waals surface area (Å²) in [5.74, 6) is -6.40. The average molecular weight is 485 g/mol. The third-order valence-electron chi connectivity index (χ3n) is 6.39. The van der Waals surface area contributed by atoms with Gasteiger partial charge in [-0.05, 0) is 29.7 Å². The molecule has 1 saturated heterocycles. The van der Waals surface area contributed by atoms with Crippen LogP contribution >= 0.6 is 11.6 Å². The van der Waals surface area contributed by atoms with E-state index in [9.17, 15) is 28.0 Å². The van der Waals surface area contributed by atoms with E-state index < -0.39 is 29.3 Å².